The quantitative estimate of drug-likeness (QED) is 0.733. The Kier molecular flexibility index (Phi) is 5.85. The Morgan fingerprint density at radius 3 is 2.52 bits per heavy atom. The Labute approximate surface area is 143 Å². The first kappa shape index (κ1) is 16.5. The highest BCUT2D eigenvalue weighted by molar-refractivity contribution is 9.10. The van der Waals surface area contributed by atoms with Crippen molar-refractivity contribution in [2.75, 3.05) is 19.0 Å². The molecule has 0 saturated heterocycles. The fourth-order valence-corrected chi connectivity index (χ4v) is 3.42. The molecule has 0 aliphatic carbocycles. The van der Waals surface area contributed by atoms with Gasteiger partial charge in [0, 0.05) is 34.3 Å². The standard InChI is InChI=1S/C17H20Br2N2/c1-12(20-2)16-8-7-15(10-17(16)19)21(3)11-13-5-4-6-14(18)9-13/h4-10,12,20H,11H2,1-3H3. The maximum absolute atomic E-state index is 3.68. The Morgan fingerprint density at radius 2 is 1.90 bits per heavy atom. The highest BCUT2D eigenvalue weighted by atomic mass is 79.9. The number of benzene rings is 2. The van der Waals surface area contributed by atoms with Crippen LogP contribution in [0.15, 0.2) is 51.4 Å². The normalized spacial score (nSPS) is 12.2. The highest BCUT2D eigenvalue weighted by Crippen LogP contribution is 2.28. The van der Waals surface area contributed by atoms with Gasteiger partial charge in [0.1, 0.15) is 0 Å². The first-order valence-electron chi connectivity index (χ1n) is 6.93. The van der Waals surface area contributed by atoms with E-state index in [0.29, 0.717) is 6.04 Å². The molecule has 0 bridgehead atoms. The van der Waals surface area contributed by atoms with Crippen molar-refractivity contribution < 1.29 is 0 Å². The van der Waals surface area contributed by atoms with E-state index >= 15 is 0 Å². The molecule has 0 saturated carbocycles. The average molecular weight is 412 g/mol. The summed E-state index contributed by atoms with van der Waals surface area (Å²) in [6, 6.07) is 15.3. The summed E-state index contributed by atoms with van der Waals surface area (Å²) >= 11 is 7.20. The van der Waals surface area contributed by atoms with Crippen LogP contribution in [0.3, 0.4) is 0 Å². The van der Waals surface area contributed by atoms with Gasteiger partial charge in [0.25, 0.3) is 0 Å². The summed E-state index contributed by atoms with van der Waals surface area (Å²) < 4.78 is 2.26. The summed E-state index contributed by atoms with van der Waals surface area (Å²) in [5.74, 6) is 0. The molecule has 1 atom stereocenters. The molecule has 4 heteroatoms. The van der Waals surface area contributed by atoms with Crippen LogP contribution in [0.5, 0.6) is 0 Å². The molecule has 112 valence electrons. The van der Waals surface area contributed by atoms with Gasteiger partial charge in [0.05, 0.1) is 0 Å². The Hall–Kier alpha value is -0.840. The number of hydrogen-bond donors (Lipinski definition) is 1. The van der Waals surface area contributed by atoms with Crippen molar-refractivity contribution in [3.8, 4) is 0 Å². The summed E-state index contributed by atoms with van der Waals surface area (Å²) in [7, 11) is 4.09. The third kappa shape index (κ3) is 4.31. The van der Waals surface area contributed by atoms with Gasteiger partial charge in [0.2, 0.25) is 0 Å². The first-order valence-corrected chi connectivity index (χ1v) is 8.52. The number of halogens is 2. The molecule has 0 aromatic heterocycles. The molecule has 0 heterocycles. The van der Waals surface area contributed by atoms with Crippen LogP contribution in [0.1, 0.15) is 24.1 Å². The predicted molar refractivity (Wildman–Crippen MR) is 97.9 cm³/mol. The molecular formula is C17H20Br2N2. The SMILES string of the molecule is CNC(C)c1ccc(N(C)Cc2cccc(Br)c2)cc1Br. The van der Waals surface area contributed by atoms with E-state index in [4.69, 9.17) is 0 Å². The van der Waals surface area contributed by atoms with Crippen LogP contribution in [0.2, 0.25) is 0 Å². The van der Waals surface area contributed by atoms with E-state index in [9.17, 15) is 0 Å². The second-order valence-corrected chi connectivity index (χ2v) is 6.97. The highest BCUT2D eigenvalue weighted by Gasteiger charge is 2.10. The lowest BCUT2D eigenvalue weighted by molar-refractivity contribution is 0.649. The van der Waals surface area contributed by atoms with E-state index < -0.39 is 0 Å². The van der Waals surface area contributed by atoms with E-state index in [1.165, 1.54) is 16.8 Å². The summed E-state index contributed by atoms with van der Waals surface area (Å²) in [6.45, 7) is 3.04. The average Bonchev–Trinajstić information content (AvgIpc) is 2.46. The van der Waals surface area contributed by atoms with Crippen molar-refractivity contribution in [1.29, 1.82) is 0 Å². The monoisotopic (exact) mass is 410 g/mol. The van der Waals surface area contributed by atoms with Gasteiger partial charge in [0.15, 0.2) is 0 Å². The molecule has 2 nitrogen and oxygen atoms in total. The zero-order valence-electron chi connectivity index (χ0n) is 12.5. The lowest BCUT2D eigenvalue weighted by Crippen LogP contribution is -2.17. The molecule has 0 amide bonds. The number of nitrogens with one attached hydrogen (secondary N) is 1. The summed E-state index contributed by atoms with van der Waals surface area (Å²) in [6.07, 6.45) is 0. The molecule has 21 heavy (non-hydrogen) atoms. The van der Waals surface area contributed by atoms with Gasteiger partial charge in [-0.1, -0.05) is 50.1 Å². The molecule has 2 rings (SSSR count). The summed E-state index contributed by atoms with van der Waals surface area (Å²) in [4.78, 5) is 2.25. The predicted octanol–water partition coefficient (Wildman–Crippen LogP) is 5.13. The molecule has 0 aliphatic rings. The summed E-state index contributed by atoms with van der Waals surface area (Å²) in [5.41, 5.74) is 3.77. The van der Waals surface area contributed by atoms with Gasteiger partial charge in [-0.3, -0.25) is 0 Å². The second kappa shape index (κ2) is 7.43. The lowest BCUT2D eigenvalue weighted by Gasteiger charge is -2.22. The number of anilines is 1. The van der Waals surface area contributed by atoms with Gasteiger partial charge in [-0.05, 0) is 49.4 Å². The van der Waals surface area contributed by atoms with E-state index in [-0.39, 0.29) is 0 Å². The fourth-order valence-electron chi connectivity index (χ4n) is 2.26. The molecule has 0 radical (unpaired) electrons. The van der Waals surface area contributed by atoms with Crippen LogP contribution in [-0.2, 0) is 6.54 Å². The van der Waals surface area contributed by atoms with Gasteiger partial charge >= 0.3 is 0 Å². The Balaban J connectivity index is 2.16. The third-order valence-corrected chi connectivity index (χ3v) is 4.81. The lowest BCUT2D eigenvalue weighted by atomic mass is 10.1. The topological polar surface area (TPSA) is 15.3 Å². The van der Waals surface area contributed by atoms with Gasteiger partial charge in [-0.2, -0.15) is 0 Å². The molecule has 0 fully saturated rings. The Bertz CT molecular complexity index is 613. The first-order chi connectivity index (χ1) is 10.0. The third-order valence-electron chi connectivity index (χ3n) is 3.63. The van der Waals surface area contributed by atoms with Crippen molar-refractivity contribution >= 4 is 37.5 Å². The van der Waals surface area contributed by atoms with E-state index in [2.05, 4.69) is 92.4 Å². The maximum Gasteiger partial charge on any atom is 0.0426 e. The minimum absolute atomic E-state index is 0.337. The van der Waals surface area contributed by atoms with Crippen molar-refractivity contribution in [2.45, 2.75) is 19.5 Å². The molecule has 1 N–H and O–H groups in total. The minimum atomic E-state index is 0.337. The van der Waals surface area contributed by atoms with E-state index in [1.54, 1.807) is 0 Å². The van der Waals surface area contributed by atoms with Crippen LogP contribution >= 0.6 is 31.9 Å². The maximum atomic E-state index is 3.68. The summed E-state index contributed by atoms with van der Waals surface area (Å²) in [5, 5.41) is 3.27. The van der Waals surface area contributed by atoms with Crippen molar-refractivity contribution in [1.82, 2.24) is 5.32 Å². The zero-order valence-corrected chi connectivity index (χ0v) is 15.7. The van der Waals surface area contributed by atoms with Crippen LogP contribution in [-0.4, -0.2) is 14.1 Å². The van der Waals surface area contributed by atoms with Crippen LogP contribution in [0.25, 0.3) is 0 Å². The molecule has 2 aromatic carbocycles. The Morgan fingerprint density at radius 1 is 1.14 bits per heavy atom. The van der Waals surface area contributed by atoms with Gasteiger partial charge < -0.3 is 10.2 Å². The zero-order chi connectivity index (χ0) is 15.4. The largest absolute Gasteiger partial charge is 0.370 e. The molecule has 2 aromatic rings. The number of rotatable bonds is 5. The molecule has 0 aliphatic heterocycles. The van der Waals surface area contributed by atoms with E-state index in [1.807, 2.05) is 13.1 Å². The smallest absolute Gasteiger partial charge is 0.0426 e. The second-order valence-electron chi connectivity index (χ2n) is 5.20. The molecule has 0 spiro atoms. The van der Waals surface area contributed by atoms with Gasteiger partial charge in [-0.15, -0.1) is 0 Å². The van der Waals surface area contributed by atoms with Crippen molar-refractivity contribution in [3.05, 3.63) is 62.5 Å². The van der Waals surface area contributed by atoms with Crippen molar-refractivity contribution in [3.63, 3.8) is 0 Å². The van der Waals surface area contributed by atoms with Gasteiger partial charge in [-0.25, -0.2) is 0 Å². The number of hydrogen-bond acceptors (Lipinski definition) is 2. The van der Waals surface area contributed by atoms with Crippen LogP contribution < -0.4 is 10.2 Å². The van der Waals surface area contributed by atoms with E-state index in [0.717, 1.165) is 15.5 Å². The van der Waals surface area contributed by atoms with Crippen LogP contribution in [0.4, 0.5) is 5.69 Å². The molecule has 1 unspecified atom stereocenters. The minimum Gasteiger partial charge on any atom is -0.370 e. The number of nitrogens with zero attached hydrogens (tertiary/aromatic N) is 1. The van der Waals surface area contributed by atoms with Crippen molar-refractivity contribution in [2.24, 2.45) is 0 Å². The fraction of sp³-hybridized carbons (Fsp3) is 0.294. The molecular weight excluding hydrogens is 392 g/mol. The van der Waals surface area contributed by atoms with Crippen LogP contribution in [0, 0.1) is 0 Å².